The molecule has 1 unspecified atom stereocenters. The Bertz CT molecular complexity index is 266. The van der Waals surface area contributed by atoms with E-state index in [1.807, 2.05) is 0 Å². The van der Waals surface area contributed by atoms with Gasteiger partial charge in [0.15, 0.2) is 0 Å². The summed E-state index contributed by atoms with van der Waals surface area (Å²) in [5.41, 5.74) is 0. The van der Waals surface area contributed by atoms with Crippen molar-refractivity contribution in [2.24, 2.45) is 0 Å². The minimum Gasteiger partial charge on any atom is -0.461 e. The molecule has 1 aromatic rings. The van der Waals surface area contributed by atoms with Crippen LogP contribution < -0.4 is 4.74 Å². The van der Waals surface area contributed by atoms with Gasteiger partial charge in [-0.1, -0.05) is 0 Å². The Hall–Kier alpha value is -1.27. The minimum absolute atomic E-state index is 0.298. The summed E-state index contributed by atoms with van der Waals surface area (Å²) in [6, 6.07) is 0.325. The zero-order valence-electron chi connectivity index (χ0n) is 7.63. The zero-order chi connectivity index (χ0) is 9.64. The zero-order valence-corrected chi connectivity index (χ0v) is 7.63. The van der Waals surface area contributed by atoms with Crippen LogP contribution in [-0.4, -0.2) is 47.5 Å². The van der Waals surface area contributed by atoms with Crippen molar-refractivity contribution in [1.82, 2.24) is 15.0 Å². The minimum atomic E-state index is 0.298. The van der Waals surface area contributed by atoms with Gasteiger partial charge < -0.3 is 14.2 Å². The van der Waals surface area contributed by atoms with E-state index in [0.717, 1.165) is 6.61 Å². The number of hydrogen-bond donors (Lipinski definition) is 0. The molecule has 0 N–H and O–H groups in total. The van der Waals surface area contributed by atoms with Crippen LogP contribution >= 0.6 is 0 Å². The van der Waals surface area contributed by atoms with Gasteiger partial charge in [0.1, 0.15) is 25.4 Å². The lowest BCUT2D eigenvalue weighted by Gasteiger charge is -2.03. The number of rotatable bonds is 6. The maximum Gasteiger partial charge on any atom is 0.319 e. The normalized spacial score (nSPS) is 19.3. The molecule has 1 aliphatic heterocycles. The van der Waals surface area contributed by atoms with Crippen molar-refractivity contribution < 1.29 is 14.2 Å². The van der Waals surface area contributed by atoms with E-state index in [1.54, 1.807) is 0 Å². The molecule has 0 bridgehead atoms. The average molecular weight is 197 g/mol. The van der Waals surface area contributed by atoms with Gasteiger partial charge >= 0.3 is 6.01 Å². The van der Waals surface area contributed by atoms with Crippen LogP contribution in [0.1, 0.15) is 0 Å². The Kier molecular flexibility index (Phi) is 3.20. The van der Waals surface area contributed by atoms with Crippen molar-refractivity contribution in [3.05, 3.63) is 12.7 Å². The molecular weight excluding hydrogens is 186 g/mol. The average Bonchev–Trinajstić information content (AvgIpc) is 3.03. The molecule has 2 rings (SSSR count). The monoisotopic (exact) mass is 197 g/mol. The van der Waals surface area contributed by atoms with E-state index in [1.165, 1.54) is 12.7 Å². The van der Waals surface area contributed by atoms with Gasteiger partial charge in [-0.25, -0.2) is 4.98 Å². The third kappa shape index (κ3) is 3.23. The van der Waals surface area contributed by atoms with Crippen molar-refractivity contribution in [1.29, 1.82) is 0 Å². The largest absolute Gasteiger partial charge is 0.461 e. The molecule has 1 aromatic heterocycles. The Morgan fingerprint density at radius 2 is 2.14 bits per heavy atom. The quantitative estimate of drug-likeness (QED) is 0.459. The molecule has 1 atom stereocenters. The van der Waals surface area contributed by atoms with Crippen molar-refractivity contribution in [2.45, 2.75) is 6.10 Å². The second-order valence-corrected chi connectivity index (χ2v) is 2.80. The van der Waals surface area contributed by atoms with Gasteiger partial charge in [-0.05, 0) is 0 Å². The van der Waals surface area contributed by atoms with Crippen LogP contribution in [-0.2, 0) is 9.47 Å². The number of epoxide rings is 1. The Morgan fingerprint density at radius 3 is 2.86 bits per heavy atom. The highest BCUT2D eigenvalue weighted by Gasteiger charge is 2.21. The lowest BCUT2D eigenvalue weighted by molar-refractivity contribution is 0.0849. The second kappa shape index (κ2) is 4.83. The van der Waals surface area contributed by atoms with E-state index in [-0.39, 0.29) is 0 Å². The lowest BCUT2D eigenvalue weighted by atomic mass is 10.5. The van der Waals surface area contributed by atoms with Gasteiger partial charge in [0.2, 0.25) is 0 Å². The first kappa shape index (κ1) is 9.29. The lowest BCUT2D eigenvalue weighted by Crippen LogP contribution is -2.11. The summed E-state index contributed by atoms with van der Waals surface area (Å²) in [6.07, 6.45) is 3.08. The van der Waals surface area contributed by atoms with E-state index in [2.05, 4.69) is 15.0 Å². The van der Waals surface area contributed by atoms with Crippen LogP contribution in [0.15, 0.2) is 12.7 Å². The number of aromatic nitrogens is 3. The molecule has 0 spiro atoms. The van der Waals surface area contributed by atoms with E-state index in [0.29, 0.717) is 31.9 Å². The Morgan fingerprint density at radius 1 is 1.36 bits per heavy atom. The fraction of sp³-hybridized carbons (Fsp3) is 0.625. The number of nitrogens with zero attached hydrogens (tertiary/aromatic N) is 3. The second-order valence-electron chi connectivity index (χ2n) is 2.80. The molecule has 76 valence electrons. The van der Waals surface area contributed by atoms with E-state index < -0.39 is 0 Å². The fourth-order valence-electron chi connectivity index (χ4n) is 0.874. The molecule has 1 aliphatic rings. The van der Waals surface area contributed by atoms with Crippen LogP contribution in [0.2, 0.25) is 0 Å². The van der Waals surface area contributed by atoms with Gasteiger partial charge in [-0.15, -0.1) is 0 Å². The van der Waals surface area contributed by atoms with E-state index in [9.17, 15) is 0 Å². The van der Waals surface area contributed by atoms with Crippen LogP contribution in [0.4, 0.5) is 0 Å². The van der Waals surface area contributed by atoms with Gasteiger partial charge in [-0.3, -0.25) is 0 Å². The van der Waals surface area contributed by atoms with Crippen molar-refractivity contribution in [2.75, 3.05) is 26.4 Å². The van der Waals surface area contributed by atoms with Crippen molar-refractivity contribution in [3.8, 4) is 6.01 Å². The molecule has 1 fully saturated rings. The topological polar surface area (TPSA) is 69.7 Å². The van der Waals surface area contributed by atoms with Crippen LogP contribution in [0.5, 0.6) is 6.01 Å². The Balaban J connectivity index is 1.54. The summed E-state index contributed by atoms with van der Waals surface area (Å²) in [5.74, 6) is 0. The highest BCUT2D eigenvalue weighted by atomic mass is 16.6. The van der Waals surface area contributed by atoms with Crippen LogP contribution in [0, 0.1) is 0 Å². The SMILES string of the molecule is c1ncnc(OCCOCC2CO2)n1. The summed E-state index contributed by atoms with van der Waals surface area (Å²) in [5, 5.41) is 0. The smallest absolute Gasteiger partial charge is 0.319 e. The van der Waals surface area contributed by atoms with Gasteiger partial charge in [-0.2, -0.15) is 9.97 Å². The van der Waals surface area contributed by atoms with Gasteiger partial charge in [0.05, 0.1) is 19.8 Å². The molecule has 0 saturated carbocycles. The van der Waals surface area contributed by atoms with E-state index in [4.69, 9.17) is 14.2 Å². The number of ether oxygens (including phenoxy) is 3. The first-order chi connectivity index (χ1) is 6.95. The predicted octanol–water partition coefficient (Wildman–Crippen LogP) is -0.334. The fourth-order valence-corrected chi connectivity index (χ4v) is 0.874. The summed E-state index contributed by atoms with van der Waals surface area (Å²) < 4.78 is 15.4. The van der Waals surface area contributed by atoms with Gasteiger partial charge in [0.25, 0.3) is 0 Å². The molecule has 1 saturated heterocycles. The maximum atomic E-state index is 5.26. The molecule has 14 heavy (non-hydrogen) atoms. The summed E-state index contributed by atoms with van der Waals surface area (Å²) in [7, 11) is 0. The number of hydrogen-bond acceptors (Lipinski definition) is 6. The first-order valence-corrected chi connectivity index (χ1v) is 4.39. The summed E-state index contributed by atoms with van der Waals surface area (Å²) in [6.45, 7) is 2.41. The molecule has 0 radical (unpaired) electrons. The molecule has 2 heterocycles. The summed E-state index contributed by atoms with van der Waals surface area (Å²) in [4.78, 5) is 11.3. The molecule has 0 amide bonds. The standard InChI is InChI=1S/C8H11N3O3/c1(12-3-7-4-14-7)2-13-8-10-5-9-6-11-8/h5-7H,1-4H2. The molecule has 0 aliphatic carbocycles. The highest BCUT2D eigenvalue weighted by Crippen LogP contribution is 2.08. The van der Waals surface area contributed by atoms with Crippen molar-refractivity contribution in [3.63, 3.8) is 0 Å². The third-order valence-corrected chi connectivity index (χ3v) is 1.63. The first-order valence-electron chi connectivity index (χ1n) is 4.39. The molecule has 6 nitrogen and oxygen atoms in total. The molecular formula is C8H11N3O3. The van der Waals surface area contributed by atoms with E-state index >= 15 is 0 Å². The highest BCUT2D eigenvalue weighted by molar-refractivity contribution is 4.86. The molecule has 6 heteroatoms. The van der Waals surface area contributed by atoms with Crippen LogP contribution in [0.3, 0.4) is 0 Å². The summed E-state index contributed by atoms with van der Waals surface area (Å²) >= 11 is 0. The Labute approximate surface area is 81.2 Å². The van der Waals surface area contributed by atoms with Gasteiger partial charge in [0, 0.05) is 0 Å². The predicted molar refractivity (Wildman–Crippen MR) is 45.9 cm³/mol. The maximum absolute atomic E-state index is 5.26. The van der Waals surface area contributed by atoms with Crippen LogP contribution in [0.25, 0.3) is 0 Å². The van der Waals surface area contributed by atoms with Crippen molar-refractivity contribution >= 4 is 0 Å². The molecule has 0 aromatic carbocycles. The third-order valence-electron chi connectivity index (χ3n) is 1.63.